The van der Waals surface area contributed by atoms with E-state index < -0.39 is 21.4 Å². The van der Waals surface area contributed by atoms with Crippen LogP contribution in [0.25, 0.3) is 0 Å². The zero-order valence-corrected chi connectivity index (χ0v) is 4.27. The van der Waals surface area contributed by atoms with Gasteiger partial charge in [-0.3, -0.25) is 0 Å². The van der Waals surface area contributed by atoms with Crippen molar-refractivity contribution in [2.45, 2.75) is 0 Å². The Kier molecular flexibility index (Phi) is 2.14. The van der Waals surface area contributed by atoms with E-state index in [2.05, 4.69) is 0 Å². The van der Waals surface area contributed by atoms with Crippen LogP contribution in [0.3, 0.4) is 0 Å². The first-order valence-electron chi connectivity index (χ1n) is 1.40. The molecule has 6 heteroatoms. The molecule has 0 aliphatic rings. The van der Waals surface area contributed by atoms with Crippen molar-refractivity contribution in [2.24, 2.45) is 0 Å². The minimum atomic E-state index is -3.24. The Bertz CT molecular complexity index is 216. The monoisotopic (exact) mass is 140 g/mol. The fraction of sp³-hybridized carbons (Fsp3) is 0. The van der Waals surface area contributed by atoms with Crippen LogP contribution >= 0.6 is 0 Å². The van der Waals surface area contributed by atoms with Gasteiger partial charge in [-0.2, -0.15) is 12.8 Å². The average molecular weight is 140 g/mol. The summed E-state index contributed by atoms with van der Waals surface area (Å²) in [6.45, 7) is 0. The predicted octanol–water partition coefficient (Wildman–Crippen LogP) is -0.950. The van der Waals surface area contributed by atoms with Gasteiger partial charge in [0.25, 0.3) is 10.3 Å². The molecule has 0 saturated carbocycles. The maximum atomic E-state index is 11.4. The smallest absolute Gasteiger partial charge is 0.381 e. The van der Waals surface area contributed by atoms with Crippen LogP contribution < -0.4 is 0 Å². The van der Waals surface area contributed by atoms with Crippen LogP contribution in [0, 0.1) is 0 Å². The number of hydrogen-bond acceptors (Lipinski definition) is 3. The first kappa shape index (κ1) is 7.09. The molecular weight excluding hydrogens is 139 g/mol. The van der Waals surface area contributed by atoms with Gasteiger partial charge in [-0.1, -0.05) is 0 Å². The van der Waals surface area contributed by atoms with Gasteiger partial charge in [0.1, 0.15) is 0 Å². The van der Waals surface area contributed by atoms with Gasteiger partial charge in [-0.15, -0.1) is 0 Å². The maximum absolute atomic E-state index is 11.4. The Morgan fingerprint density at radius 2 is 1.88 bits per heavy atom. The van der Waals surface area contributed by atoms with Crippen LogP contribution in [0.15, 0.2) is 0 Å². The van der Waals surface area contributed by atoms with Crippen LogP contribution in [0.1, 0.15) is 0 Å². The fourth-order valence-corrected chi connectivity index (χ4v) is 0.214. The molecule has 0 atom stereocenters. The Balaban J connectivity index is 4.78. The molecule has 0 rings (SSSR count). The Hall–Kier alpha value is -0.910. The molecule has 0 radical (unpaired) electrons. The van der Waals surface area contributed by atoms with E-state index in [1.54, 1.807) is 0 Å². The van der Waals surface area contributed by atoms with Crippen molar-refractivity contribution >= 4 is 21.4 Å². The molecule has 0 spiro atoms. The van der Waals surface area contributed by atoms with E-state index in [0.717, 1.165) is 0 Å². The molecule has 0 aliphatic heterocycles. The third-order valence-corrected chi connectivity index (χ3v) is 0.782. The molecule has 0 unspecified atom stereocenters. The number of carboxylic acid groups (broad SMARTS) is 1. The van der Waals surface area contributed by atoms with Gasteiger partial charge in [-0.05, 0) is 0 Å². The van der Waals surface area contributed by atoms with Gasteiger partial charge in [0.2, 0.25) is 0 Å². The molecule has 0 heterocycles. The van der Waals surface area contributed by atoms with Crippen molar-refractivity contribution in [3.63, 3.8) is 0 Å². The number of aliphatic carboxylic acids is 1. The summed E-state index contributed by atoms with van der Waals surface area (Å²) in [5, 5.41) is 5.48. The molecule has 4 nitrogen and oxygen atoms in total. The van der Waals surface area contributed by atoms with Gasteiger partial charge in [0.05, 0.1) is 0 Å². The van der Waals surface area contributed by atoms with Crippen molar-refractivity contribution in [2.75, 3.05) is 0 Å². The molecule has 8 heavy (non-hydrogen) atoms. The highest BCUT2D eigenvalue weighted by Gasteiger charge is 2.07. The van der Waals surface area contributed by atoms with E-state index >= 15 is 0 Å². The number of rotatable bonds is 1. The quantitative estimate of drug-likeness (QED) is 0.376. The molecular formula is C2HFO4S. The zero-order valence-electron chi connectivity index (χ0n) is 3.46. The second-order valence-corrected chi connectivity index (χ2v) is 1.64. The molecule has 0 aromatic carbocycles. The third-order valence-electron chi connectivity index (χ3n) is 0.314. The molecule has 0 aromatic rings. The second-order valence-electron chi connectivity index (χ2n) is 0.814. The molecule has 0 aliphatic carbocycles. The van der Waals surface area contributed by atoms with Crippen molar-refractivity contribution in [1.82, 2.24) is 0 Å². The van der Waals surface area contributed by atoms with Gasteiger partial charge in [-0.25, -0.2) is 4.79 Å². The van der Waals surface area contributed by atoms with Gasteiger partial charge in [0, 0.05) is 0 Å². The predicted molar refractivity (Wildman–Crippen MR) is 22.7 cm³/mol. The number of hydrogen-bond donors (Lipinski definition) is 1. The lowest BCUT2D eigenvalue weighted by molar-refractivity contribution is -0.129. The lowest BCUT2D eigenvalue weighted by Gasteiger charge is -1.73. The minimum absolute atomic E-state index is 2.06. The number of carbonyl (C=O) groups is 1. The maximum Gasteiger partial charge on any atom is 0.381 e. The lowest BCUT2D eigenvalue weighted by atomic mass is 10.8. The molecule has 0 aromatic heterocycles. The van der Waals surface area contributed by atoms with Crippen molar-refractivity contribution in [3.8, 4) is 0 Å². The SMILES string of the molecule is O=C(O)C(F)=S(=O)=O. The molecule has 0 bridgehead atoms. The highest BCUT2D eigenvalue weighted by molar-refractivity contribution is 7.74. The van der Waals surface area contributed by atoms with E-state index in [0.29, 0.717) is 0 Å². The zero-order chi connectivity index (χ0) is 6.73. The van der Waals surface area contributed by atoms with E-state index in [1.165, 1.54) is 0 Å². The van der Waals surface area contributed by atoms with E-state index in [4.69, 9.17) is 5.11 Å². The van der Waals surface area contributed by atoms with E-state index in [1.807, 2.05) is 0 Å². The molecule has 1 N–H and O–H groups in total. The molecule has 46 valence electrons. The number of carboxylic acids is 1. The fourth-order valence-electron chi connectivity index (χ4n) is 0.0713. The molecule has 0 amide bonds. The Morgan fingerprint density at radius 3 is 1.88 bits per heavy atom. The summed E-state index contributed by atoms with van der Waals surface area (Å²) in [5.41, 5.74) is 0. The summed E-state index contributed by atoms with van der Waals surface area (Å²) in [6, 6.07) is 0. The summed E-state index contributed by atoms with van der Waals surface area (Å²) >= 11 is 0. The average Bonchev–Trinajstić information content (AvgIpc) is 1.64. The van der Waals surface area contributed by atoms with Crippen LogP contribution in [-0.2, 0) is 15.1 Å². The van der Waals surface area contributed by atoms with Crippen LogP contribution in [0.5, 0.6) is 0 Å². The van der Waals surface area contributed by atoms with E-state index in [-0.39, 0.29) is 0 Å². The van der Waals surface area contributed by atoms with Crippen LogP contribution in [-0.4, -0.2) is 24.6 Å². The summed E-state index contributed by atoms with van der Waals surface area (Å²) in [7, 11) is -3.24. The van der Waals surface area contributed by atoms with Gasteiger partial charge >= 0.3 is 11.1 Å². The highest BCUT2D eigenvalue weighted by Crippen LogP contribution is 1.72. The molecule has 0 saturated heterocycles. The summed E-state index contributed by atoms with van der Waals surface area (Å²) < 4.78 is 30.0. The van der Waals surface area contributed by atoms with Gasteiger partial charge < -0.3 is 5.11 Å². The minimum Gasteiger partial charge on any atom is -0.475 e. The van der Waals surface area contributed by atoms with Crippen LogP contribution in [0.4, 0.5) is 4.39 Å². The first-order valence-corrected chi connectivity index (χ1v) is 2.48. The Morgan fingerprint density at radius 1 is 1.50 bits per heavy atom. The largest absolute Gasteiger partial charge is 0.475 e. The normalized spacial score (nSPS) is 8.12. The van der Waals surface area contributed by atoms with Crippen molar-refractivity contribution in [1.29, 1.82) is 0 Å². The van der Waals surface area contributed by atoms with Crippen molar-refractivity contribution < 1.29 is 22.7 Å². The topological polar surface area (TPSA) is 71.4 Å². The number of halogens is 1. The lowest BCUT2D eigenvalue weighted by Crippen LogP contribution is -2.06. The Labute approximate surface area is 45.1 Å². The summed E-state index contributed by atoms with van der Waals surface area (Å²) in [6.07, 6.45) is 0. The van der Waals surface area contributed by atoms with Crippen molar-refractivity contribution in [3.05, 3.63) is 0 Å². The third kappa shape index (κ3) is 1.69. The first-order chi connectivity index (χ1) is 3.55. The van der Waals surface area contributed by atoms with Gasteiger partial charge in [0.15, 0.2) is 0 Å². The highest BCUT2D eigenvalue weighted by atomic mass is 32.2. The second kappa shape index (κ2) is 2.41. The summed E-state index contributed by atoms with van der Waals surface area (Å²) in [4.78, 5) is 9.34. The van der Waals surface area contributed by atoms with E-state index in [9.17, 15) is 17.6 Å². The summed E-state index contributed by atoms with van der Waals surface area (Å²) in [5.74, 6) is -2.07. The molecule has 0 fully saturated rings. The van der Waals surface area contributed by atoms with Crippen LogP contribution in [0.2, 0.25) is 0 Å². The standard InChI is InChI=1S/C2HFO4S/c3-1(2(4)5)8(6)7/h(H,4,5).